The van der Waals surface area contributed by atoms with Crippen LogP contribution in [0.3, 0.4) is 0 Å². The minimum absolute atomic E-state index is 0.0180. The molecule has 0 spiro atoms. The first-order chi connectivity index (χ1) is 9.90. The van der Waals surface area contributed by atoms with Crippen LogP contribution in [-0.4, -0.2) is 35.5 Å². The molecular formula is C15H19ClN2O2S. The largest absolute Gasteiger partial charge is 0.484 e. The number of likely N-dealkylation sites (tertiary alicyclic amines) is 1. The maximum atomic E-state index is 12.1. The predicted molar refractivity (Wildman–Crippen MR) is 87.7 cm³/mol. The number of hydrogen-bond donors (Lipinski definition) is 1. The molecule has 21 heavy (non-hydrogen) atoms. The normalized spacial score (nSPS) is 17.3. The predicted octanol–water partition coefficient (Wildman–Crippen LogP) is 2.63. The number of rotatable bonds is 4. The Bertz CT molecular complexity index is 542. The van der Waals surface area contributed by atoms with Gasteiger partial charge in [0.25, 0.3) is 5.91 Å². The third kappa shape index (κ3) is 4.08. The van der Waals surface area contributed by atoms with E-state index in [1.165, 1.54) is 0 Å². The summed E-state index contributed by atoms with van der Waals surface area (Å²) in [5, 5.41) is 0.588. The zero-order valence-corrected chi connectivity index (χ0v) is 13.5. The van der Waals surface area contributed by atoms with Gasteiger partial charge in [0, 0.05) is 23.5 Å². The highest BCUT2D eigenvalue weighted by Crippen LogP contribution is 2.31. The summed E-state index contributed by atoms with van der Waals surface area (Å²) >= 11 is 11.0. The lowest BCUT2D eigenvalue weighted by atomic mass is 9.80. The van der Waals surface area contributed by atoms with E-state index in [1.807, 2.05) is 0 Å². The Morgan fingerprint density at radius 3 is 2.71 bits per heavy atom. The lowest BCUT2D eigenvalue weighted by Gasteiger charge is -2.38. The van der Waals surface area contributed by atoms with Crippen molar-refractivity contribution >= 4 is 34.7 Å². The van der Waals surface area contributed by atoms with Crippen LogP contribution >= 0.6 is 23.8 Å². The third-order valence-electron chi connectivity index (χ3n) is 3.97. The van der Waals surface area contributed by atoms with Crippen LogP contribution in [0, 0.1) is 5.41 Å². The van der Waals surface area contributed by atoms with Gasteiger partial charge in [-0.2, -0.15) is 0 Å². The Morgan fingerprint density at radius 1 is 1.48 bits per heavy atom. The van der Waals surface area contributed by atoms with Crippen molar-refractivity contribution < 1.29 is 9.53 Å². The van der Waals surface area contributed by atoms with E-state index >= 15 is 0 Å². The lowest BCUT2D eigenvalue weighted by molar-refractivity contribution is -0.135. The van der Waals surface area contributed by atoms with Crippen molar-refractivity contribution in [1.29, 1.82) is 0 Å². The van der Waals surface area contributed by atoms with Crippen molar-refractivity contribution in [2.24, 2.45) is 11.1 Å². The Balaban J connectivity index is 1.84. The molecule has 2 rings (SSSR count). The van der Waals surface area contributed by atoms with E-state index < -0.39 is 0 Å². The maximum absolute atomic E-state index is 12.1. The Labute approximate surface area is 135 Å². The summed E-state index contributed by atoms with van der Waals surface area (Å²) in [6.45, 7) is 3.39. The average molecular weight is 327 g/mol. The summed E-state index contributed by atoms with van der Waals surface area (Å²) in [7, 11) is 0. The molecule has 1 aliphatic heterocycles. The van der Waals surface area contributed by atoms with Gasteiger partial charge in [0.05, 0.1) is 4.99 Å². The Morgan fingerprint density at radius 2 is 2.14 bits per heavy atom. The fraction of sp³-hybridized carbons (Fsp3) is 0.467. The van der Waals surface area contributed by atoms with Crippen LogP contribution < -0.4 is 10.5 Å². The molecule has 1 aromatic carbocycles. The molecule has 1 amide bonds. The van der Waals surface area contributed by atoms with Crippen LogP contribution in [0.1, 0.15) is 19.8 Å². The van der Waals surface area contributed by atoms with E-state index in [9.17, 15) is 4.79 Å². The Hall–Kier alpha value is -1.33. The molecule has 1 aromatic rings. The quantitative estimate of drug-likeness (QED) is 0.864. The van der Waals surface area contributed by atoms with E-state index in [1.54, 1.807) is 29.2 Å². The minimum Gasteiger partial charge on any atom is -0.484 e. The van der Waals surface area contributed by atoms with Crippen molar-refractivity contribution in [3.05, 3.63) is 29.3 Å². The number of thiocarbonyl (C=S) groups is 1. The van der Waals surface area contributed by atoms with Crippen LogP contribution in [0.2, 0.25) is 5.02 Å². The molecule has 0 radical (unpaired) electrons. The van der Waals surface area contributed by atoms with E-state index in [0.717, 1.165) is 12.8 Å². The van der Waals surface area contributed by atoms with Crippen LogP contribution in [0.25, 0.3) is 0 Å². The molecule has 1 heterocycles. The van der Waals surface area contributed by atoms with E-state index in [0.29, 0.717) is 28.9 Å². The summed E-state index contributed by atoms with van der Waals surface area (Å²) in [6, 6.07) is 7.02. The number of nitrogens with two attached hydrogens (primary N) is 1. The smallest absolute Gasteiger partial charge is 0.260 e. The number of nitrogens with zero attached hydrogens (tertiary/aromatic N) is 1. The van der Waals surface area contributed by atoms with Crippen LogP contribution in [0.15, 0.2) is 24.3 Å². The molecule has 1 aliphatic rings. The fourth-order valence-corrected chi connectivity index (χ4v) is 2.67. The molecule has 0 atom stereocenters. The van der Waals surface area contributed by atoms with Gasteiger partial charge < -0.3 is 15.4 Å². The Kier molecular flexibility index (Phi) is 5.06. The fourth-order valence-electron chi connectivity index (χ4n) is 2.29. The first-order valence-electron chi connectivity index (χ1n) is 6.87. The number of halogens is 1. The first kappa shape index (κ1) is 16.0. The zero-order valence-electron chi connectivity index (χ0n) is 12.0. The number of benzene rings is 1. The number of piperidine rings is 1. The monoisotopic (exact) mass is 326 g/mol. The van der Waals surface area contributed by atoms with Gasteiger partial charge in [-0.05, 0) is 31.0 Å². The van der Waals surface area contributed by atoms with Crippen molar-refractivity contribution in [2.75, 3.05) is 19.7 Å². The van der Waals surface area contributed by atoms with Crippen molar-refractivity contribution in [1.82, 2.24) is 4.90 Å². The first-order valence-corrected chi connectivity index (χ1v) is 7.65. The highest BCUT2D eigenvalue weighted by Gasteiger charge is 2.34. The summed E-state index contributed by atoms with van der Waals surface area (Å²) in [6.07, 6.45) is 1.59. The van der Waals surface area contributed by atoms with Crippen molar-refractivity contribution in [3.63, 3.8) is 0 Å². The van der Waals surface area contributed by atoms with Gasteiger partial charge in [-0.15, -0.1) is 0 Å². The van der Waals surface area contributed by atoms with Gasteiger partial charge in [0.15, 0.2) is 6.61 Å². The lowest BCUT2D eigenvalue weighted by Crippen LogP contribution is -2.47. The highest BCUT2D eigenvalue weighted by molar-refractivity contribution is 7.80. The molecule has 1 saturated heterocycles. The highest BCUT2D eigenvalue weighted by atomic mass is 35.5. The van der Waals surface area contributed by atoms with Gasteiger partial charge in [-0.3, -0.25) is 4.79 Å². The molecule has 114 valence electrons. The maximum Gasteiger partial charge on any atom is 0.260 e. The summed E-state index contributed by atoms with van der Waals surface area (Å²) in [4.78, 5) is 14.5. The number of carbonyl (C=O) groups excluding carboxylic acids is 1. The second-order valence-corrected chi connectivity index (χ2v) is 6.43. The van der Waals surface area contributed by atoms with Gasteiger partial charge >= 0.3 is 0 Å². The van der Waals surface area contributed by atoms with Crippen LogP contribution in [0.5, 0.6) is 5.75 Å². The van der Waals surface area contributed by atoms with Gasteiger partial charge in [0.2, 0.25) is 0 Å². The topological polar surface area (TPSA) is 55.6 Å². The molecule has 0 aromatic heterocycles. The molecule has 4 nitrogen and oxygen atoms in total. The third-order valence-corrected chi connectivity index (χ3v) is 4.70. The van der Waals surface area contributed by atoms with Gasteiger partial charge in [0.1, 0.15) is 5.75 Å². The van der Waals surface area contributed by atoms with Crippen molar-refractivity contribution in [2.45, 2.75) is 19.8 Å². The summed E-state index contributed by atoms with van der Waals surface area (Å²) in [5.74, 6) is 0.570. The molecule has 0 bridgehead atoms. The zero-order chi connectivity index (χ0) is 15.5. The molecule has 0 saturated carbocycles. The molecule has 2 N–H and O–H groups in total. The number of amides is 1. The second kappa shape index (κ2) is 6.62. The average Bonchev–Trinajstić information content (AvgIpc) is 2.45. The molecule has 0 unspecified atom stereocenters. The molecule has 0 aliphatic carbocycles. The van der Waals surface area contributed by atoms with Crippen LogP contribution in [0.4, 0.5) is 0 Å². The summed E-state index contributed by atoms with van der Waals surface area (Å²) in [5.41, 5.74) is 5.62. The van der Waals surface area contributed by atoms with Gasteiger partial charge in [-0.25, -0.2) is 0 Å². The number of carbonyl (C=O) groups is 1. The van der Waals surface area contributed by atoms with E-state index in [2.05, 4.69) is 6.92 Å². The second-order valence-electron chi connectivity index (χ2n) is 5.55. The molecule has 6 heteroatoms. The molecule has 1 fully saturated rings. The van der Waals surface area contributed by atoms with E-state index in [4.69, 9.17) is 34.3 Å². The van der Waals surface area contributed by atoms with Crippen molar-refractivity contribution in [3.8, 4) is 5.75 Å². The van der Waals surface area contributed by atoms with Gasteiger partial charge in [-0.1, -0.05) is 36.8 Å². The number of ether oxygens (including phenoxy) is 1. The standard InChI is InChI=1S/C15H19ClN2O2S/c1-15(14(17)21)5-7-18(8-6-15)13(19)10-20-12-4-2-3-11(16)9-12/h2-4,9H,5-8,10H2,1H3,(H2,17,21). The minimum atomic E-state index is -0.139. The summed E-state index contributed by atoms with van der Waals surface area (Å²) < 4.78 is 5.48. The number of hydrogen-bond acceptors (Lipinski definition) is 3. The SMILES string of the molecule is CC1(C(N)=S)CCN(C(=O)COc2cccc(Cl)c2)CC1. The molecular weight excluding hydrogens is 308 g/mol. The van der Waals surface area contributed by atoms with E-state index in [-0.39, 0.29) is 17.9 Å². The van der Waals surface area contributed by atoms with Crippen LogP contribution in [-0.2, 0) is 4.79 Å².